The van der Waals surface area contributed by atoms with E-state index in [1.165, 1.54) is 0 Å². The van der Waals surface area contributed by atoms with Gasteiger partial charge in [0, 0.05) is 19.5 Å². The number of benzene rings is 3. The summed E-state index contributed by atoms with van der Waals surface area (Å²) in [5.41, 5.74) is 3.92. The molecule has 0 saturated carbocycles. The molecule has 1 aliphatic rings. The third kappa shape index (κ3) is 5.39. The number of para-hydroxylation sites is 2. The van der Waals surface area contributed by atoms with E-state index in [1.54, 1.807) is 0 Å². The van der Waals surface area contributed by atoms with E-state index in [4.69, 9.17) is 9.15 Å². The number of carbonyl (C=O) groups is 1. The summed E-state index contributed by atoms with van der Waals surface area (Å²) in [6.45, 7) is 2.04. The number of nitrogens with one attached hydrogen (secondary N) is 1. The Kier molecular flexibility index (Phi) is 6.75. The Labute approximate surface area is 199 Å². The average Bonchev–Trinajstić information content (AvgIpc) is 3.53. The van der Waals surface area contributed by atoms with Crippen molar-refractivity contribution in [3.05, 3.63) is 90.0 Å². The first-order chi connectivity index (χ1) is 16.7. The highest BCUT2D eigenvalue weighted by Gasteiger charge is 2.28. The average molecular weight is 456 g/mol. The first kappa shape index (κ1) is 22.0. The van der Waals surface area contributed by atoms with Crippen molar-refractivity contribution in [2.45, 2.75) is 38.3 Å². The Morgan fingerprint density at radius 2 is 1.79 bits per heavy atom. The quantitative estimate of drug-likeness (QED) is 0.379. The van der Waals surface area contributed by atoms with Crippen LogP contribution in [-0.4, -0.2) is 30.0 Å². The van der Waals surface area contributed by atoms with Crippen LogP contribution in [0.2, 0.25) is 0 Å². The van der Waals surface area contributed by atoms with Gasteiger partial charge in [0.15, 0.2) is 5.58 Å². The van der Waals surface area contributed by atoms with Gasteiger partial charge in [0.1, 0.15) is 17.9 Å². The summed E-state index contributed by atoms with van der Waals surface area (Å²) in [6.07, 6.45) is 3.24. The van der Waals surface area contributed by atoms with Crippen LogP contribution in [0.3, 0.4) is 0 Å². The summed E-state index contributed by atoms with van der Waals surface area (Å²) < 4.78 is 11.8. The number of nitrogens with zero attached hydrogens (tertiary/aromatic N) is 2. The second-order valence-electron chi connectivity index (χ2n) is 8.68. The van der Waals surface area contributed by atoms with Crippen molar-refractivity contribution >= 4 is 23.0 Å². The number of fused-ring (bicyclic) bond motifs is 1. The predicted octanol–water partition coefficient (Wildman–Crippen LogP) is 5.12. The van der Waals surface area contributed by atoms with Crippen LogP contribution in [0.5, 0.6) is 5.75 Å². The van der Waals surface area contributed by atoms with E-state index >= 15 is 0 Å². The number of aromatic nitrogens is 1. The molecule has 1 aromatic heterocycles. The molecule has 0 bridgehead atoms. The number of hydrogen-bond donors (Lipinski definition) is 1. The molecule has 174 valence electrons. The van der Waals surface area contributed by atoms with E-state index in [9.17, 15) is 4.79 Å². The van der Waals surface area contributed by atoms with Crippen LogP contribution in [0.4, 0.5) is 6.01 Å². The number of amides is 1. The molecule has 6 nitrogen and oxygen atoms in total. The standard InChI is InChI=1S/C28H29N3O3/c32-27(17-14-21-12-15-24(16-13-21)33-20-22-7-2-1-3-8-22)29-19-23-9-6-18-31(23)28-30-25-10-4-5-11-26(25)34-28/h1-5,7-8,10-13,15-16,23H,6,9,14,17-20H2,(H,29,32). The molecule has 1 atom stereocenters. The summed E-state index contributed by atoms with van der Waals surface area (Å²) in [4.78, 5) is 19.3. The second-order valence-corrected chi connectivity index (χ2v) is 8.68. The Balaban J connectivity index is 1.07. The predicted molar refractivity (Wildman–Crippen MR) is 133 cm³/mol. The summed E-state index contributed by atoms with van der Waals surface area (Å²) in [7, 11) is 0. The summed E-state index contributed by atoms with van der Waals surface area (Å²) in [5.74, 6) is 0.895. The number of aryl methyl sites for hydroxylation is 1. The van der Waals surface area contributed by atoms with Gasteiger partial charge in [-0.05, 0) is 54.7 Å². The maximum absolute atomic E-state index is 12.5. The Hall–Kier alpha value is -3.80. The molecule has 1 amide bonds. The van der Waals surface area contributed by atoms with E-state index in [0.29, 0.717) is 32.0 Å². The Morgan fingerprint density at radius 3 is 2.62 bits per heavy atom. The van der Waals surface area contributed by atoms with Gasteiger partial charge in [0.25, 0.3) is 6.01 Å². The zero-order chi connectivity index (χ0) is 23.2. The summed E-state index contributed by atoms with van der Waals surface area (Å²) in [6, 6.07) is 26.7. The van der Waals surface area contributed by atoms with Crippen molar-refractivity contribution in [2.75, 3.05) is 18.0 Å². The van der Waals surface area contributed by atoms with Crippen LogP contribution >= 0.6 is 0 Å². The largest absolute Gasteiger partial charge is 0.489 e. The first-order valence-corrected chi connectivity index (χ1v) is 11.9. The first-order valence-electron chi connectivity index (χ1n) is 11.9. The molecule has 1 unspecified atom stereocenters. The summed E-state index contributed by atoms with van der Waals surface area (Å²) >= 11 is 0. The number of hydrogen-bond acceptors (Lipinski definition) is 5. The lowest BCUT2D eigenvalue weighted by molar-refractivity contribution is -0.121. The van der Waals surface area contributed by atoms with Gasteiger partial charge in [-0.2, -0.15) is 4.98 Å². The highest BCUT2D eigenvalue weighted by atomic mass is 16.5. The van der Waals surface area contributed by atoms with Crippen LogP contribution in [0, 0.1) is 0 Å². The lowest BCUT2D eigenvalue weighted by atomic mass is 10.1. The molecule has 2 heterocycles. The number of oxazole rings is 1. The van der Waals surface area contributed by atoms with E-state index in [0.717, 1.165) is 47.4 Å². The maximum atomic E-state index is 12.5. The smallest absolute Gasteiger partial charge is 0.298 e. The Morgan fingerprint density at radius 1 is 1.00 bits per heavy atom. The SMILES string of the molecule is O=C(CCc1ccc(OCc2ccccc2)cc1)NCC1CCCN1c1nc2ccccc2o1. The molecule has 6 heteroatoms. The second kappa shape index (κ2) is 10.4. The monoisotopic (exact) mass is 455 g/mol. The minimum atomic E-state index is 0.0637. The number of carbonyl (C=O) groups excluding carboxylic acids is 1. The molecular weight excluding hydrogens is 426 g/mol. The lowest BCUT2D eigenvalue weighted by Crippen LogP contribution is -2.40. The van der Waals surface area contributed by atoms with Gasteiger partial charge < -0.3 is 19.4 Å². The lowest BCUT2D eigenvalue weighted by Gasteiger charge is -2.23. The summed E-state index contributed by atoms with van der Waals surface area (Å²) in [5, 5.41) is 3.10. The van der Waals surface area contributed by atoms with Gasteiger partial charge in [-0.3, -0.25) is 4.79 Å². The van der Waals surface area contributed by atoms with Crippen LogP contribution in [0.1, 0.15) is 30.4 Å². The molecule has 4 aromatic rings. The topological polar surface area (TPSA) is 67.6 Å². The molecule has 3 aromatic carbocycles. The third-order valence-electron chi connectivity index (χ3n) is 6.25. The van der Waals surface area contributed by atoms with Crippen LogP contribution in [-0.2, 0) is 17.8 Å². The van der Waals surface area contributed by atoms with Gasteiger partial charge in [-0.25, -0.2) is 0 Å². The highest BCUT2D eigenvalue weighted by molar-refractivity contribution is 5.76. The fraction of sp³-hybridized carbons (Fsp3) is 0.286. The highest BCUT2D eigenvalue weighted by Crippen LogP contribution is 2.28. The van der Waals surface area contributed by atoms with Crippen molar-refractivity contribution in [1.29, 1.82) is 0 Å². The molecule has 1 N–H and O–H groups in total. The number of rotatable bonds is 9. The van der Waals surface area contributed by atoms with Gasteiger partial charge >= 0.3 is 0 Å². The van der Waals surface area contributed by atoms with E-state index in [-0.39, 0.29) is 11.9 Å². The number of anilines is 1. The van der Waals surface area contributed by atoms with Gasteiger partial charge in [0.2, 0.25) is 5.91 Å². The zero-order valence-electron chi connectivity index (χ0n) is 19.2. The molecule has 34 heavy (non-hydrogen) atoms. The molecule has 0 radical (unpaired) electrons. The van der Waals surface area contributed by atoms with Crippen molar-refractivity contribution in [1.82, 2.24) is 10.3 Å². The molecule has 0 aliphatic carbocycles. The molecule has 5 rings (SSSR count). The van der Waals surface area contributed by atoms with E-state index < -0.39 is 0 Å². The normalized spacial score (nSPS) is 15.5. The Bertz CT molecular complexity index is 1190. The minimum absolute atomic E-state index is 0.0637. The molecule has 1 aliphatic heterocycles. The van der Waals surface area contributed by atoms with Crippen LogP contribution in [0.15, 0.2) is 83.3 Å². The van der Waals surface area contributed by atoms with Crippen molar-refractivity contribution in [3.63, 3.8) is 0 Å². The van der Waals surface area contributed by atoms with Crippen molar-refractivity contribution < 1.29 is 13.9 Å². The zero-order valence-corrected chi connectivity index (χ0v) is 19.2. The van der Waals surface area contributed by atoms with Gasteiger partial charge in [0.05, 0.1) is 6.04 Å². The third-order valence-corrected chi connectivity index (χ3v) is 6.25. The molecule has 0 spiro atoms. The van der Waals surface area contributed by atoms with Crippen molar-refractivity contribution in [2.24, 2.45) is 0 Å². The van der Waals surface area contributed by atoms with Crippen LogP contribution < -0.4 is 15.0 Å². The molecule has 1 saturated heterocycles. The fourth-order valence-corrected chi connectivity index (χ4v) is 4.35. The van der Waals surface area contributed by atoms with E-state index in [2.05, 4.69) is 15.2 Å². The maximum Gasteiger partial charge on any atom is 0.298 e. The van der Waals surface area contributed by atoms with Crippen LogP contribution in [0.25, 0.3) is 11.1 Å². The van der Waals surface area contributed by atoms with Gasteiger partial charge in [-0.15, -0.1) is 0 Å². The minimum Gasteiger partial charge on any atom is -0.489 e. The molecular formula is C28H29N3O3. The van der Waals surface area contributed by atoms with E-state index in [1.807, 2.05) is 78.9 Å². The van der Waals surface area contributed by atoms with Crippen molar-refractivity contribution in [3.8, 4) is 5.75 Å². The van der Waals surface area contributed by atoms with Gasteiger partial charge in [-0.1, -0.05) is 54.6 Å². The molecule has 1 fully saturated rings. The fourth-order valence-electron chi connectivity index (χ4n) is 4.35. The number of ether oxygens (including phenoxy) is 1.